The Morgan fingerprint density at radius 3 is 2.88 bits per heavy atom. The van der Waals surface area contributed by atoms with Gasteiger partial charge >= 0.3 is 0 Å². The first-order valence-electron chi connectivity index (χ1n) is 8.68. The molecule has 136 valence electrons. The number of piperidine rings is 1. The molecule has 2 aromatic heterocycles. The van der Waals surface area contributed by atoms with Gasteiger partial charge in [0.15, 0.2) is 0 Å². The van der Waals surface area contributed by atoms with Gasteiger partial charge < -0.3 is 14.5 Å². The Morgan fingerprint density at radius 2 is 2.08 bits per heavy atom. The Bertz CT molecular complexity index is 818. The largest absolute Gasteiger partial charge is 0.481 e. The maximum Gasteiger partial charge on any atom is 0.255 e. The highest BCUT2D eigenvalue weighted by molar-refractivity contribution is 9.10. The molecule has 8 heteroatoms. The van der Waals surface area contributed by atoms with Gasteiger partial charge in [0.2, 0.25) is 5.88 Å². The van der Waals surface area contributed by atoms with Crippen LogP contribution in [-0.2, 0) is 0 Å². The summed E-state index contributed by atoms with van der Waals surface area (Å²) in [4.78, 5) is 29.8. The molecule has 2 aliphatic rings. The highest BCUT2D eigenvalue weighted by atomic mass is 79.9. The zero-order chi connectivity index (χ0) is 18.1. The van der Waals surface area contributed by atoms with Crippen LogP contribution in [0, 0.1) is 5.92 Å². The van der Waals surface area contributed by atoms with E-state index in [1.165, 1.54) is 6.33 Å². The Kier molecular flexibility index (Phi) is 4.76. The maximum absolute atomic E-state index is 13.0. The van der Waals surface area contributed by atoms with Gasteiger partial charge in [0.1, 0.15) is 12.1 Å². The topological polar surface area (TPSA) is 71.5 Å². The molecule has 26 heavy (non-hydrogen) atoms. The number of rotatable bonds is 3. The summed E-state index contributed by atoms with van der Waals surface area (Å²) in [5.41, 5.74) is 0.626. The molecule has 2 atom stereocenters. The van der Waals surface area contributed by atoms with Crippen LogP contribution in [0.2, 0.25) is 0 Å². The fourth-order valence-corrected chi connectivity index (χ4v) is 4.27. The predicted molar refractivity (Wildman–Crippen MR) is 100 cm³/mol. The minimum absolute atomic E-state index is 0.0495. The van der Waals surface area contributed by atoms with Gasteiger partial charge in [-0.25, -0.2) is 9.97 Å². The summed E-state index contributed by atoms with van der Waals surface area (Å²) in [5.74, 6) is 1.99. The van der Waals surface area contributed by atoms with Crippen molar-refractivity contribution in [3.8, 4) is 5.88 Å². The molecule has 1 amide bonds. The fraction of sp³-hybridized carbons (Fsp3) is 0.444. The molecule has 7 nitrogen and oxygen atoms in total. The summed E-state index contributed by atoms with van der Waals surface area (Å²) in [6.07, 6.45) is 6.95. The first-order chi connectivity index (χ1) is 12.7. The van der Waals surface area contributed by atoms with E-state index in [4.69, 9.17) is 4.74 Å². The van der Waals surface area contributed by atoms with E-state index in [-0.39, 0.29) is 11.9 Å². The van der Waals surface area contributed by atoms with E-state index < -0.39 is 0 Å². The molecule has 4 rings (SSSR count). The number of anilines is 1. The Hall–Kier alpha value is -2.22. The summed E-state index contributed by atoms with van der Waals surface area (Å²) < 4.78 is 6.02. The van der Waals surface area contributed by atoms with Crippen LogP contribution in [0.4, 0.5) is 5.82 Å². The van der Waals surface area contributed by atoms with Crippen molar-refractivity contribution in [1.82, 2.24) is 19.9 Å². The van der Waals surface area contributed by atoms with Crippen LogP contribution < -0.4 is 9.64 Å². The van der Waals surface area contributed by atoms with Crippen LogP contribution in [0.3, 0.4) is 0 Å². The van der Waals surface area contributed by atoms with Gasteiger partial charge in [0.05, 0.1) is 18.7 Å². The lowest BCUT2D eigenvalue weighted by atomic mass is 9.92. The lowest BCUT2D eigenvalue weighted by molar-refractivity contribution is 0.0711. The number of amides is 1. The number of ether oxygens (including phenoxy) is 1. The third-order valence-electron chi connectivity index (χ3n) is 5.24. The molecule has 0 spiro atoms. The normalized spacial score (nSPS) is 22.2. The summed E-state index contributed by atoms with van der Waals surface area (Å²) in [5, 5.41) is 0. The second kappa shape index (κ2) is 7.19. The number of carbonyl (C=O) groups excluding carboxylic acids is 1. The highest BCUT2D eigenvalue weighted by Crippen LogP contribution is 2.34. The first-order valence-corrected chi connectivity index (χ1v) is 9.47. The maximum atomic E-state index is 13.0. The minimum atomic E-state index is 0.0495. The Labute approximate surface area is 160 Å². The quantitative estimate of drug-likeness (QED) is 0.763. The van der Waals surface area contributed by atoms with Crippen molar-refractivity contribution in [1.29, 1.82) is 0 Å². The molecule has 2 fully saturated rings. The van der Waals surface area contributed by atoms with Crippen molar-refractivity contribution in [3.63, 3.8) is 0 Å². The number of halogens is 1. The lowest BCUT2D eigenvalue weighted by Gasteiger charge is -2.39. The average molecular weight is 418 g/mol. The van der Waals surface area contributed by atoms with Gasteiger partial charge in [-0.2, -0.15) is 0 Å². The van der Waals surface area contributed by atoms with Crippen molar-refractivity contribution in [2.45, 2.75) is 18.9 Å². The zero-order valence-electron chi connectivity index (χ0n) is 14.5. The summed E-state index contributed by atoms with van der Waals surface area (Å²) in [6, 6.07) is 3.87. The average Bonchev–Trinajstić information content (AvgIpc) is 3.10. The second-order valence-corrected chi connectivity index (χ2v) is 7.58. The van der Waals surface area contributed by atoms with Gasteiger partial charge in [0, 0.05) is 42.6 Å². The van der Waals surface area contributed by atoms with Crippen LogP contribution in [-0.4, -0.2) is 58.5 Å². The minimum Gasteiger partial charge on any atom is -0.481 e. The second-order valence-electron chi connectivity index (χ2n) is 6.66. The molecule has 0 aliphatic carbocycles. The van der Waals surface area contributed by atoms with Gasteiger partial charge in [-0.05, 0) is 40.8 Å². The van der Waals surface area contributed by atoms with Crippen molar-refractivity contribution in [2.75, 3.05) is 31.6 Å². The van der Waals surface area contributed by atoms with Crippen molar-refractivity contribution in [3.05, 3.63) is 40.9 Å². The number of aromatic nitrogens is 3. The van der Waals surface area contributed by atoms with Gasteiger partial charge in [-0.3, -0.25) is 9.78 Å². The molecule has 0 N–H and O–H groups in total. The molecule has 0 saturated carbocycles. The molecule has 0 aromatic carbocycles. The van der Waals surface area contributed by atoms with Gasteiger partial charge in [-0.1, -0.05) is 0 Å². The highest BCUT2D eigenvalue weighted by Gasteiger charge is 2.41. The number of fused-ring (bicyclic) bond motifs is 1. The molecule has 4 heterocycles. The Balaban J connectivity index is 1.54. The van der Waals surface area contributed by atoms with Crippen LogP contribution in [0.5, 0.6) is 5.88 Å². The van der Waals surface area contributed by atoms with Crippen molar-refractivity contribution >= 4 is 27.7 Å². The number of nitrogens with zero attached hydrogens (tertiary/aromatic N) is 5. The van der Waals surface area contributed by atoms with E-state index in [1.54, 1.807) is 19.5 Å². The molecule has 2 aliphatic heterocycles. The number of hydrogen-bond acceptors (Lipinski definition) is 6. The van der Waals surface area contributed by atoms with Gasteiger partial charge in [0.25, 0.3) is 5.91 Å². The number of pyridine rings is 1. The molecule has 2 saturated heterocycles. The Morgan fingerprint density at radius 1 is 1.23 bits per heavy atom. The number of carbonyl (C=O) groups is 1. The summed E-state index contributed by atoms with van der Waals surface area (Å²) >= 11 is 3.39. The smallest absolute Gasteiger partial charge is 0.255 e. The molecule has 0 bridgehead atoms. The number of hydrogen-bond donors (Lipinski definition) is 0. The van der Waals surface area contributed by atoms with E-state index >= 15 is 0 Å². The van der Waals surface area contributed by atoms with Gasteiger partial charge in [-0.15, -0.1) is 0 Å². The predicted octanol–water partition coefficient (Wildman–Crippen LogP) is 2.38. The summed E-state index contributed by atoms with van der Waals surface area (Å²) in [7, 11) is 1.60. The molecular weight excluding hydrogens is 398 g/mol. The SMILES string of the molecule is COc1cc(N2CCC3CCN(C(=O)c4cncc(Br)c4)C3C2)ncn1. The van der Waals surface area contributed by atoms with Crippen LogP contribution >= 0.6 is 15.9 Å². The van der Waals surface area contributed by atoms with E-state index in [9.17, 15) is 4.79 Å². The fourth-order valence-electron chi connectivity index (χ4n) is 3.91. The molecular formula is C18H20BrN5O2. The van der Waals surface area contributed by atoms with Crippen molar-refractivity contribution < 1.29 is 9.53 Å². The van der Waals surface area contributed by atoms with Crippen molar-refractivity contribution in [2.24, 2.45) is 5.92 Å². The van der Waals surface area contributed by atoms with E-state index in [1.807, 2.05) is 17.0 Å². The lowest BCUT2D eigenvalue weighted by Crippen LogP contribution is -2.50. The van der Waals surface area contributed by atoms with E-state index in [2.05, 4.69) is 35.8 Å². The van der Waals surface area contributed by atoms with Crippen LogP contribution in [0.15, 0.2) is 35.3 Å². The molecule has 2 unspecified atom stereocenters. The molecule has 2 aromatic rings. The first kappa shape index (κ1) is 17.2. The number of methoxy groups -OCH3 is 1. The summed E-state index contributed by atoms with van der Waals surface area (Å²) in [6.45, 7) is 2.50. The van der Waals surface area contributed by atoms with Crippen LogP contribution in [0.1, 0.15) is 23.2 Å². The zero-order valence-corrected chi connectivity index (χ0v) is 16.1. The number of likely N-dealkylation sites (tertiary alicyclic amines) is 1. The van der Waals surface area contributed by atoms with E-state index in [0.717, 1.165) is 42.8 Å². The standard InChI is InChI=1S/C18H20BrN5O2/c1-26-17-7-16(21-11-22-17)23-4-2-12-3-5-24(15(12)10-23)18(25)13-6-14(19)9-20-8-13/h6-9,11-12,15H,2-5,10H2,1H3. The molecule has 0 radical (unpaired) electrons. The third-order valence-corrected chi connectivity index (χ3v) is 5.67. The monoisotopic (exact) mass is 417 g/mol. The third kappa shape index (κ3) is 3.25. The van der Waals surface area contributed by atoms with E-state index in [0.29, 0.717) is 17.4 Å². The van der Waals surface area contributed by atoms with Crippen LogP contribution in [0.25, 0.3) is 0 Å².